The topological polar surface area (TPSA) is 80.5 Å². The average Bonchev–Trinajstić information content (AvgIpc) is 2.00. The zero-order valence-corrected chi connectivity index (χ0v) is 8.80. The van der Waals surface area contributed by atoms with Gasteiger partial charge in [-0.25, -0.2) is 8.42 Å². The van der Waals surface area contributed by atoms with Crippen LogP contribution in [0.1, 0.15) is 6.42 Å². The van der Waals surface area contributed by atoms with Crippen molar-refractivity contribution < 1.29 is 13.2 Å². The standard InChI is InChI=1S/C7H16N2O3S/c1-9(2)7(10)6-13(11,12)5-3-4-8/h3-6,8H2,1-2H3. The summed E-state index contributed by atoms with van der Waals surface area (Å²) in [6, 6.07) is 0. The predicted molar refractivity (Wildman–Crippen MR) is 51.0 cm³/mol. The van der Waals surface area contributed by atoms with Crippen molar-refractivity contribution in [1.29, 1.82) is 0 Å². The SMILES string of the molecule is CN(C)C(=O)CS(=O)(=O)CCCN. The summed E-state index contributed by atoms with van der Waals surface area (Å²) in [5, 5.41) is 0. The second kappa shape index (κ2) is 5.18. The highest BCUT2D eigenvalue weighted by Gasteiger charge is 2.16. The van der Waals surface area contributed by atoms with Gasteiger partial charge in [-0.3, -0.25) is 4.79 Å². The number of amides is 1. The normalized spacial score (nSPS) is 11.3. The van der Waals surface area contributed by atoms with Crippen molar-refractivity contribution in [3.8, 4) is 0 Å². The summed E-state index contributed by atoms with van der Waals surface area (Å²) in [6.07, 6.45) is 0.406. The van der Waals surface area contributed by atoms with Crippen LogP contribution in [0.4, 0.5) is 0 Å². The van der Waals surface area contributed by atoms with E-state index in [0.29, 0.717) is 13.0 Å². The number of hydrogen-bond acceptors (Lipinski definition) is 4. The fourth-order valence-electron chi connectivity index (χ4n) is 0.693. The van der Waals surface area contributed by atoms with Crippen LogP contribution in [0.15, 0.2) is 0 Å². The van der Waals surface area contributed by atoms with Crippen LogP contribution < -0.4 is 5.73 Å². The van der Waals surface area contributed by atoms with Gasteiger partial charge in [-0.05, 0) is 13.0 Å². The molecule has 0 heterocycles. The van der Waals surface area contributed by atoms with Crippen molar-refractivity contribution in [3.05, 3.63) is 0 Å². The number of sulfone groups is 1. The van der Waals surface area contributed by atoms with Crippen LogP contribution in [0, 0.1) is 0 Å². The Morgan fingerprint density at radius 3 is 2.31 bits per heavy atom. The van der Waals surface area contributed by atoms with Gasteiger partial charge in [0.1, 0.15) is 5.75 Å². The molecule has 0 bridgehead atoms. The molecule has 0 radical (unpaired) electrons. The molecular formula is C7H16N2O3S. The number of nitrogens with zero attached hydrogens (tertiary/aromatic N) is 1. The van der Waals surface area contributed by atoms with Crippen molar-refractivity contribution in [2.75, 3.05) is 32.1 Å². The van der Waals surface area contributed by atoms with Crippen molar-refractivity contribution >= 4 is 15.7 Å². The van der Waals surface area contributed by atoms with Gasteiger partial charge < -0.3 is 10.6 Å². The minimum absolute atomic E-state index is 0.0108. The summed E-state index contributed by atoms with van der Waals surface area (Å²) in [5.41, 5.74) is 5.17. The summed E-state index contributed by atoms with van der Waals surface area (Å²) in [7, 11) is -0.202. The van der Waals surface area contributed by atoms with E-state index in [4.69, 9.17) is 5.73 Å². The molecule has 0 saturated carbocycles. The van der Waals surface area contributed by atoms with Crippen LogP contribution in [0.3, 0.4) is 0 Å². The van der Waals surface area contributed by atoms with Crippen molar-refractivity contribution in [3.63, 3.8) is 0 Å². The monoisotopic (exact) mass is 208 g/mol. The van der Waals surface area contributed by atoms with E-state index in [9.17, 15) is 13.2 Å². The van der Waals surface area contributed by atoms with Gasteiger partial charge in [-0.15, -0.1) is 0 Å². The molecule has 0 aliphatic heterocycles. The molecule has 0 aromatic rings. The maximum Gasteiger partial charge on any atom is 0.237 e. The highest BCUT2D eigenvalue weighted by molar-refractivity contribution is 7.92. The van der Waals surface area contributed by atoms with Gasteiger partial charge in [0.2, 0.25) is 5.91 Å². The van der Waals surface area contributed by atoms with Gasteiger partial charge in [0.05, 0.1) is 5.75 Å². The largest absolute Gasteiger partial charge is 0.348 e. The first kappa shape index (κ1) is 12.4. The Morgan fingerprint density at radius 1 is 1.38 bits per heavy atom. The molecule has 0 aromatic heterocycles. The summed E-state index contributed by atoms with van der Waals surface area (Å²) < 4.78 is 22.4. The lowest BCUT2D eigenvalue weighted by Gasteiger charge is -2.09. The number of rotatable bonds is 5. The van der Waals surface area contributed by atoms with Crippen LogP contribution in [-0.4, -0.2) is 51.4 Å². The minimum Gasteiger partial charge on any atom is -0.348 e. The fraction of sp³-hybridized carbons (Fsp3) is 0.857. The van der Waals surface area contributed by atoms with E-state index in [2.05, 4.69) is 0 Å². The maximum atomic E-state index is 11.2. The number of carbonyl (C=O) groups excluding carboxylic acids is 1. The molecule has 1 amide bonds. The van der Waals surface area contributed by atoms with Gasteiger partial charge >= 0.3 is 0 Å². The molecule has 0 aliphatic carbocycles. The Balaban J connectivity index is 4.11. The predicted octanol–water partition coefficient (Wildman–Crippen LogP) is -1.16. The molecule has 13 heavy (non-hydrogen) atoms. The second-order valence-electron chi connectivity index (χ2n) is 3.02. The van der Waals surface area contributed by atoms with Gasteiger partial charge in [0.25, 0.3) is 0 Å². The lowest BCUT2D eigenvalue weighted by molar-refractivity contribution is -0.125. The van der Waals surface area contributed by atoms with Crippen molar-refractivity contribution in [2.24, 2.45) is 5.73 Å². The van der Waals surface area contributed by atoms with E-state index in [0.717, 1.165) is 0 Å². The molecule has 0 spiro atoms. The van der Waals surface area contributed by atoms with Crippen LogP contribution in [0.2, 0.25) is 0 Å². The van der Waals surface area contributed by atoms with E-state index >= 15 is 0 Å². The Hall–Kier alpha value is -0.620. The average molecular weight is 208 g/mol. The zero-order chi connectivity index (χ0) is 10.5. The highest BCUT2D eigenvalue weighted by Crippen LogP contribution is 1.95. The van der Waals surface area contributed by atoms with Gasteiger partial charge in [0, 0.05) is 14.1 Å². The Bertz CT molecular complexity index is 259. The Labute approximate surface area is 78.8 Å². The number of hydrogen-bond donors (Lipinski definition) is 1. The van der Waals surface area contributed by atoms with Crippen LogP contribution >= 0.6 is 0 Å². The third kappa shape index (κ3) is 5.59. The smallest absolute Gasteiger partial charge is 0.237 e. The van der Waals surface area contributed by atoms with Crippen LogP contribution in [0.25, 0.3) is 0 Å². The Kier molecular flexibility index (Phi) is 4.94. The summed E-state index contributed by atoms with van der Waals surface area (Å²) in [4.78, 5) is 12.3. The molecule has 0 aliphatic rings. The summed E-state index contributed by atoms with van der Waals surface area (Å²) in [6.45, 7) is 0.329. The molecule has 2 N–H and O–H groups in total. The van der Waals surface area contributed by atoms with E-state index in [-0.39, 0.29) is 5.75 Å². The van der Waals surface area contributed by atoms with Crippen molar-refractivity contribution in [2.45, 2.75) is 6.42 Å². The highest BCUT2D eigenvalue weighted by atomic mass is 32.2. The maximum absolute atomic E-state index is 11.2. The molecule has 6 heteroatoms. The Morgan fingerprint density at radius 2 is 1.92 bits per heavy atom. The first-order valence-electron chi connectivity index (χ1n) is 3.99. The molecule has 5 nitrogen and oxygen atoms in total. The van der Waals surface area contributed by atoms with Crippen LogP contribution in [-0.2, 0) is 14.6 Å². The quantitative estimate of drug-likeness (QED) is 0.618. The van der Waals surface area contributed by atoms with E-state index in [1.54, 1.807) is 0 Å². The van der Waals surface area contributed by atoms with Gasteiger partial charge in [-0.2, -0.15) is 0 Å². The third-order valence-corrected chi connectivity index (χ3v) is 3.10. The summed E-state index contributed by atoms with van der Waals surface area (Å²) >= 11 is 0. The molecule has 0 atom stereocenters. The van der Waals surface area contributed by atoms with Crippen LogP contribution in [0.5, 0.6) is 0 Å². The first-order chi connectivity index (χ1) is 5.89. The molecule has 0 saturated heterocycles. The second-order valence-corrected chi connectivity index (χ2v) is 5.21. The van der Waals surface area contributed by atoms with Gasteiger partial charge in [-0.1, -0.05) is 0 Å². The van der Waals surface area contributed by atoms with Crippen molar-refractivity contribution in [1.82, 2.24) is 4.90 Å². The lowest BCUT2D eigenvalue weighted by Crippen LogP contribution is -2.30. The molecule has 78 valence electrons. The fourth-order valence-corrected chi connectivity index (χ4v) is 2.08. The van der Waals surface area contributed by atoms with E-state index < -0.39 is 21.5 Å². The molecule has 0 unspecified atom stereocenters. The molecule has 0 rings (SSSR count). The molecular weight excluding hydrogens is 192 g/mol. The molecule has 0 aromatic carbocycles. The molecule has 0 fully saturated rings. The lowest BCUT2D eigenvalue weighted by atomic mass is 10.5. The zero-order valence-electron chi connectivity index (χ0n) is 7.99. The summed E-state index contributed by atoms with van der Waals surface area (Å²) in [5.74, 6) is -0.819. The third-order valence-electron chi connectivity index (χ3n) is 1.50. The minimum atomic E-state index is -3.26. The van der Waals surface area contributed by atoms with E-state index in [1.807, 2.05) is 0 Å². The first-order valence-corrected chi connectivity index (χ1v) is 5.82. The van der Waals surface area contributed by atoms with Gasteiger partial charge in [0.15, 0.2) is 9.84 Å². The number of carbonyl (C=O) groups is 1. The number of nitrogens with two attached hydrogens (primary N) is 1. The van der Waals surface area contributed by atoms with E-state index in [1.165, 1.54) is 19.0 Å².